The maximum absolute atomic E-state index is 13.7. The lowest BCUT2D eigenvalue weighted by atomic mass is 9.89. The molecule has 2 atom stereocenters. The van der Waals surface area contributed by atoms with Crippen molar-refractivity contribution in [2.24, 2.45) is 5.92 Å². The topological polar surface area (TPSA) is 75.4 Å². The molecule has 154 valence electrons. The van der Waals surface area contributed by atoms with Crippen LogP contribution in [-0.4, -0.2) is 34.5 Å². The molecule has 2 heterocycles. The van der Waals surface area contributed by atoms with Gasteiger partial charge in [-0.3, -0.25) is 9.59 Å². The number of carbonyl (C=O) groups is 2. The molecule has 1 aliphatic heterocycles. The summed E-state index contributed by atoms with van der Waals surface area (Å²) in [4.78, 5) is 27.5. The summed E-state index contributed by atoms with van der Waals surface area (Å²) in [6.07, 6.45) is 3.96. The Balaban J connectivity index is 1.45. The number of amides is 2. The zero-order valence-corrected chi connectivity index (χ0v) is 16.8. The van der Waals surface area contributed by atoms with E-state index in [0.29, 0.717) is 42.4 Å². The van der Waals surface area contributed by atoms with Crippen molar-refractivity contribution in [2.75, 3.05) is 11.9 Å². The molecule has 2 amide bonds. The highest BCUT2D eigenvalue weighted by molar-refractivity contribution is 5.97. The average molecular weight is 399 g/mol. The first-order valence-corrected chi connectivity index (χ1v) is 10.2. The second-order valence-electron chi connectivity index (χ2n) is 8.21. The minimum Gasteiger partial charge on any atom is -0.360 e. The van der Waals surface area contributed by atoms with Gasteiger partial charge in [0.2, 0.25) is 11.8 Å². The minimum atomic E-state index is -0.491. The summed E-state index contributed by atoms with van der Waals surface area (Å²) in [5, 5.41) is 6.53. The molecule has 1 N–H and O–H groups in total. The van der Waals surface area contributed by atoms with Gasteiger partial charge >= 0.3 is 0 Å². The molecule has 6 nitrogen and oxygen atoms in total. The SMILES string of the molecule is Cc1cc(NC(=O)[C@@H]2CCCN2C(=O)CC(c2ccc(F)c(C)c2)C2CC2)no1. The highest BCUT2D eigenvalue weighted by atomic mass is 19.1. The van der Waals surface area contributed by atoms with Crippen molar-refractivity contribution in [3.05, 3.63) is 47.0 Å². The first-order chi connectivity index (χ1) is 13.9. The van der Waals surface area contributed by atoms with Crippen molar-refractivity contribution >= 4 is 17.6 Å². The van der Waals surface area contributed by atoms with E-state index in [0.717, 1.165) is 24.8 Å². The Morgan fingerprint density at radius 2 is 2.07 bits per heavy atom. The summed E-state index contributed by atoms with van der Waals surface area (Å²) in [6.45, 7) is 4.08. The first kappa shape index (κ1) is 19.6. The summed E-state index contributed by atoms with van der Waals surface area (Å²) in [6, 6.07) is 6.29. The molecular weight excluding hydrogens is 373 g/mol. The second-order valence-corrected chi connectivity index (χ2v) is 8.21. The quantitative estimate of drug-likeness (QED) is 0.798. The number of nitrogens with one attached hydrogen (secondary N) is 1. The summed E-state index contributed by atoms with van der Waals surface area (Å²) < 4.78 is 18.7. The number of carbonyl (C=O) groups excluding carboxylic acids is 2. The third kappa shape index (κ3) is 4.33. The van der Waals surface area contributed by atoms with Crippen LogP contribution in [0.4, 0.5) is 10.2 Å². The summed E-state index contributed by atoms with van der Waals surface area (Å²) >= 11 is 0. The number of halogens is 1. The Morgan fingerprint density at radius 3 is 2.72 bits per heavy atom. The fraction of sp³-hybridized carbons (Fsp3) is 0.500. The molecule has 29 heavy (non-hydrogen) atoms. The molecule has 2 aromatic rings. The molecule has 0 bridgehead atoms. The van der Waals surface area contributed by atoms with Gasteiger partial charge in [0, 0.05) is 19.0 Å². The van der Waals surface area contributed by atoms with Gasteiger partial charge in [-0.05, 0) is 68.6 Å². The molecule has 0 spiro atoms. The molecule has 1 saturated carbocycles. The van der Waals surface area contributed by atoms with Crippen molar-refractivity contribution in [3.63, 3.8) is 0 Å². The van der Waals surface area contributed by atoms with Gasteiger partial charge in [-0.1, -0.05) is 17.3 Å². The fourth-order valence-corrected chi connectivity index (χ4v) is 4.23. The maximum atomic E-state index is 13.7. The van der Waals surface area contributed by atoms with Gasteiger partial charge in [0.25, 0.3) is 0 Å². The van der Waals surface area contributed by atoms with Gasteiger partial charge in [-0.15, -0.1) is 0 Å². The number of aryl methyl sites for hydroxylation is 2. The number of likely N-dealkylation sites (tertiary alicyclic amines) is 1. The molecule has 7 heteroatoms. The second kappa shape index (κ2) is 7.97. The van der Waals surface area contributed by atoms with Crippen LogP contribution in [0.15, 0.2) is 28.8 Å². The van der Waals surface area contributed by atoms with Crippen molar-refractivity contribution in [1.29, 1.82) is 0 Å². The molecule has 1 unspecified atom stereocenters. The largest absolute Gasteiger partial charge is 0.360 e. The number of nitrogens with zero attached hydrogens (tertiary/aromatic N) is 2. The van der Waals surface area contributed by atoms with Gasteiger partial charge in [0.15, 0.2) is 5.82 Å². The van der Waals surface area contributed by atoms with Crippen LogP contribution >= 0.6 is 0 Å². The number of rotatable bonds is 6. The smallest absolute Gasteiger partial charge is 0.248 e. The van der Waals surface area contributed by atoms with Gasteiger partial charge in [-0.25, -0.2) is 4.39 Å². The van der Waals surface area contributed by atoms with Crippen LogP contribution in [0.2, 0.25) is 0 Å². The van der Waals surface area contributed by atoms with Crippen molar-refractivity contribution < 1.29 is 18.5 Å². The Kier molecular flexibility index (Phi) is 5.39. The monoisotopic (exact) mass is 399 g/mol. The van der Waals surface area contributed by atoms with Crippen LogP contribution in [-0.2, 0) is 9.59 Å². The Hall–Kier alpha value is -2.70. The third-order valence-corrected chi connectivity index (χ3v) is 5.95. The van der Waals surface area contributed by atoms with E-state index in [2.05, 4.69) is 10.5 Å². The van der Waals surface area contributed by atoms with Gasteiger partial charge in [-0.2, -0.15) is 0 Å². The average Bonchev–Trinajstić information content (AvgIpc) is 3.25. The molecule has 1 aromatic heterocycles. The van der Waals surface area contributed by atoms with Crippen LogP contribution in [0.1, 0.15) is 54.9 Å². The third-order valence-electron chi connectivity index (χ3n) is 5.95. The highest BCUT2D eigenvalue weighted by Crippen LogP contribution is 2.45. The van der Waals surface area contributed by atoms with Crippen molar-refractivity contribution in [3.8, 4) is 0 Å². The van der Waals surface area contributed by atoms with E-state index in [1.165, 1.54) is 6.07 Å². The zero-order chi connectivity index (χ0) is 20.5. The van der Waals surface area contributed by atoms with E-state index in [1.807, 2.05) is 6.07 Å². The number of anilines is 1. The Bertz CT molecular complexity index is 922. The predicted molar refractivity (Wildman–Crippen MR) is 106 cm³/mol. The van der Waals surface area contributed by atoms with E-state index < -0.39 is 6.04 Å². The molecule has 2 fully saturated rings. The van der Waals surface area contributed by atoms with Crippen LogP contribution in [0.5, 0.6) is 0 Å². The van der Waals surface area contributed by atoms with E-state index in [9.17, 15) is 14.0 Å². The van der Waals surface area contributed by atoms with E-state index >= 15 is 0 Å². The van der Waals surface area contributed by atoms with E-state index in [4.69, 9.17) is 4.52 Å². The molecule has 1 saturated heterocycles. The number of benzene rings is 1. The Morgan fingerprint density at radius 1 is 1.28 bits per heavy atom. The zero-order valence-electron chi connectivity index (χ0n) is 16.8. The van der Waals surface area contributed by atoms with Gasteiger partial charge in [0.1, 0.15) is 17.6 Å². The van der Waals surface area contributed by atoms with Crippen molar-refractivity contribution in [1.82, 2.24) is 10.1 Å². The number of hydrogen-bond acceptors (Lipinski definition) is 4. The van der Waals surface area contributed by atoms with Gasteiger partial charge in [0.05, 0.1) is 0 Å². The predicted octanol–water partition coefficient (Wildman–Crippen LogP) is 3.94. The molecule has 1 aromatic carbocycles. The number of hydrogen-bond donors (Lipinski definition) is 1. The minimum absolute atomic E-state index is 0.0159. The summed E-state index contributed by atoms with van der Waals surface area (Å²) in [5.74, 6) is 1.03. The fourth-order valence-electron chi connectivity index (χ4n) is 4.23. The first-order valence-electron chi connectivity index (χ1n) is 10.2. The molecule has 2 aliphatic rings. The van der Waals surface area contributed by atoms with E-state index in [-0.39, 0.29) is 23.5 Å². The van der Waals surface area contributed by atoms with Crippen LogP contribution in [0.25, 0.3) is 0 Å². The summed E-state index contributed by atoms with van der Waals surface area (Å²) in [5.41, 5.74) is 1.61. The van der Waals surface area contributed by atoms with Crippen LogP contribution < -0.4 is 5.32 Å². The van der Waals surface area contributed by atoms with Gasteiger partial charge < -0.3 is 14.7 Å². The summed E-state index contributed by atoms with van der Waals surface area (Å²) in [7, 11) is 0. The van der Waals surface area contributed by atoms with Crippen molar-refractivity contribution in [2.45, 2.75) is 57.9 Å². The lowest BCUT2D eigenvalue weighted by Gasteiger charge is -2.26. The lowest BCUT2D eigenvalue weighted by molar-refractivity contribution is -0.137. The highest BCUT2D eigenvalue weighted by Gasteiger charge is 2.39. The molecular formula is C22H26FN3O3. The number of aromatic nitrogens is 1. The molecule has 1 aliphatic carbocycles. The lowest BCUT2D eigenvalue weighted by Crippen LogP contribution is -2.43. The Labute approximate surface area is 169 Å². The van der Waals surface area contributed by atoms with Crippen LogP contribution in [0.3, 0.4) is 0 Å². The standard InChI is InChI=1S/C22H26FN3O3/c1-13-10-16(7-8-18(13)23)17(15-5-6-15)12-21(27)26-9-3-4-19(26)22(28)24-20-11-14(2)29-25-20/h7-8,10-11,15,17,19H,3-6,9,12H2,1-2H3,(H,24,25,28)/t17?,19-/m0/s1. The normalized spacial score (nSPS) is 20.0. The van der Waals surface area contributed by atoms with E-state index in [1.54, 1.807) is 30.9 Å². The molecule has 0 radical (unpaired) electrons. The maximum Gasteiger partial charge on any atom is 0.248 e. The molecule has 4 rings (SSSR count). The van der Waals surface area contributed by atoms with Crippen LogP contribution in [0, 0.1) is 25.6 Å².